The Morgan fingerprint density at radius 2 is 1.86 bits per heavy atom. The van der Waals surface area contributed by atoms with Crippen LogP contribution in [-0.2, 0) is 6.42 Å². The summed E-state index contributed by atoms with van der Waals surface area (Å²) < 4.78 is 13.3. The van der Waals surface area contributed by atoms with Gasteiger partial charge in [-0.25, -0.2) is 4.39 Å². The third-order valence-electron chi connectivity index (χ3n) is 4.09. The first-order valence-corrected chi connectivity index (χ1v) is 7.14. The Bertz CT molecular complexity index is 865. The first-order chi connectivity index (χ1) is 10.3. The second kappa shape index (κ2) is 5.90. The van der Waals surface area contributed by atoms with Gasteiger partial charge in [-0.2, -0.15) is 0 Å². The Labute approximate surface area is 134 Å². The topological polar surface area (TPSA) is 12.9 Å². The van der Waals surface area contributed by atoms with Crippen molar-refractivity contribution in [3.63, 3.8) is 0 Å². The number of pyridine rings is 1. The van der Waals surface area contributed by atoms with Crippen molar-refractivity contribution in [3.8, 4) is 0 Å². The van der Waals surface area contributed by atoms with Gasteiger partial charge in [0.1, 0.15) is 5.82 Å². The highest BCUT2D eigenvalue weighted by molar-refractivity contribution is 5.94. The lowest BCUT2D eigenvalue weighted by Crippen LogP contribution is -1.85. The minimum atomic E-state index is -0.149. The number of allylic oxidation sites excluding steroid dienone is 1. The Balaban J connectivity index is 0.00000144. The van der Waals surface area contributed by atoms with Crippen LogP contribution in [0.5, 0.6) is 0 Å². The van der Waals surface area contributed by atoms with Crippen molar-refractivity contribution in [2.45, 2.75) is 12.8 Å². The van der Waals surface area contributed by atoms with E-state index in [2.05, 4.69) is 17.1 Å². The van der Waals surface area contributed by atoms with Gasteiger partial charge in [0.05, 0.1) is 5.52 Å². The zero-order valence-electron chi connectivity index (χ0n) is 11.9. The van der Waals surface area contributed by atoms with E-state index in [4.69, 9.17) is 0 Å². The van der Waals surface area contributed by atoms with Crippen LogP contribution < -0.4 is 0 Å². The molecular weight excluding hydrogens is 297 g/mol. The zero-order chi connectivity index (χ0) is 14.2. The number of para-hydroxylation sites is 1. The lowest BCUT2D eigenvalue weighted by molar-refractivity contribution is 0.626. The normalized spacial score (nSPS) is 14.9. The molecule has 1 aromatic heterocycles. The van der Waals surface area contributed by atoms with E-state index in [-0.39, 0.29) is 18.2 Å². The molecular formula is C19H15ClFN. The van der Waals surface area contributed by atoms with Gasteiger partial charge in [-0.15, -0.1) is 12.4 Å². The number of fused-ring (bicyclic) bond motifs is 2. The van der Waals surface area contributed by atoms with Gasteiger partial charge in [0, 0.05) is 11.6 Å². The highest BCUT2D eigenvalue weighted by atomic mass is 35.5. The van der Waals surface area contributed by atoms with Crippen LogP contribution in [0.15, 0.2) is 54.7 Å². The van der Waals surface area contributed by atoms with E-state index in [0.717, 1.165) is 29.3 Å². The maximum atomic E-state index is 13.3. The summed E-state index contributed by atoms with van der Waals surface area (Å²) in [5, 5.41) is 1.16. The number of benzene rings is 2. The van der Waals surface area contributed by atoms with E-state index >= 15 is 0 Å². The van der Waals surface area contributed by atoms with Crippen molar-refractivity contribution >= 4 is 35.0 Å². The molecule has 0 amide bonds. The number of nitrogens with zero attached hydrogens (tertiary/aromatic N) is 1. The second-order valence-corrected chi connectivity index (χ2v) is 5.39. The lowest BCUT2D eigenvalue weighted by Gasteiger charge is -2.04. The molecule has 2 aromatic carbocycles. The van der Waals surface area contributed by atoms with E-state index in [1.54, 1.807) is 12.1 Å². The minimum Gasteiger partial charge on any atom is -0.256 e. The van der Waals surface area contributed by atoms with Crippen molar-refractivity contribution in [3.05, 3.63) is 77.2 Å². The molecule has 1 aliphatic rings. The molecule has 3 heteroatoms. The van der Waals surface area contributed by atoms with Gasteiger partial charge in [-0.1, -0.05) is 30.3 Å². The first-order valence-electron chi connectivity index (χ1n) is 7.14. The maximum absolute atomic E-state index is 13.3. The second-order valence-electron chi connectivity index (χ2n) is 5.39. The smallest absolute Gasteiger partial charge is 0.123 e. The summed E-state index contributed by atoms with van der Waals surface area (Å²) in [5.41, 5.74) is 5.75. The molecule has 0 radical (unpaired) electrons. The highest BCUT2D eigenvalue weighted by Gasteiger charge is 2.16. The molecule has 4 rings (SSSR count). The van der Waals surface area contributed by atoms with Crippen molar-refractivity contribution in [1.29, 1.82) is 0 Å². The number of halogens is 2. The Morgan fingerprint density at radius 1 is 1.00 bits per heavy atom. The SMILES string of the molecule is Cl.Fc1ccc2c(c1)CC/C2=C\c1ccnc2ccccc12. The number of hydrogen-bond donors (Lipinski definition) is 0. The third-order valence-corrected chi connectivity index (χ3v) is 4.09. The summed E-state index contributed by atoms with van der Waals surface area (Å²) in [6.07, 6.45) is 5.94. The Hall–Kier alpha value is -2.19. The van der Waals surface area contributed by atoms with Crippen LogP contribution in [0.3, 0.4) is 0 Å². The van der Waals surface area contributed by atoms with Gasteiger partial charge >= 0.3 is 0 Å². The largest absolute Gasteiger partial charge is 0.256 e. The summed E-state index contributed by atoms with van der Waals surface area (Å²) in [6.45, 7) is 0. The summed E-state index contributed by atoms with van der Waals surface area (Å²) >= 11 is 0. The fourth-order valence-electron chi connectivity index (χ4n) is 3.07. The van der Waals surface area contributed by atoms with E-state index in [0.29, 0.717) is 0 Å². The van der Waals surface area contributed by atoms with Gasteiger partial charge in [0.25, 0.3) is 0 Å². The monoisotopic (exact) mass is 311 g/mol. The van der Waals surface area contributed by atoms with Gasteiger partial charge in [0.2, 0.25) is 0 Å². The summed E-state index contributed by atoms with van der Waals surface area (Å²) in [5.74, 6) is -0.149. The van der Waals surface area contributed by atoms with E-state index in [1.165, 1.54) is 16.7 Å². The average molecular weight is 312 g/mol. The summed E-state index contributed by atoms with van der Waals surface area (Å²) in [7, 11) is 0. The van der Waals surface area contributed by atoms with E-state index in [1.807, 2.05) is 36.5 Å². The van der Waals surface area contributed by atoms with Gasteiger partial charge in [-0.05, 0) is 59.4 Å². The molecule has 0 bridgehead atoms. The molecule has 1 aliphatic carbocycles. The summed E-state index contributed by atoms with van der Waals surface area (Å²) in [4.78, 5) is 4.39. The molecule has 1 nitrogen and oxygen atoms in total. The standard InChI is InChI=1S/C19H14FN.ClH/c20-16-7-8-17-13(5-6-14(17)12-16)11-15-9-10-21-19-4-2-1-3-18(15)19;/h1-4,7-12H,5-6H2;1H/b13-11+;. The van der Waals surface area contributed by atoms with Crippen LogP contribution >= 0.6 is 12.4 Å². The van der Waals surface area contributed by atoms with Crippen LogP contribution in [0.2, 0.25) is 0 Å². The molecule has 0 N–H and O–H groups in total. The van der Waals surface area contributed by atoms with Gasteiger partial charge in [-0.3, -0.25) is 4.98 Å². The third kappa shape index (κ3) is 2.51. The number of aryl methyl sites for hydroxylation is 1. The van der Waals surface area contributed by atoms with Crippen molar-refractivity contribution in [2.75, 3.05) is 0 Å². The van der Waals surface area contributed by atoms with E-state index in [9.17, 15) is 4.39 Å². The number of aromatic nitrogens is 1. The molecule has 0 atom stereocenters. The van der Waals surface area contributed by atoms with Crippen LogP contribution in [0.25, 0.3) is 22.6 Å². The molecule has 0 unspecified atom stereocenters. The number of rotatable bonds is 1. The molecule has 1 heterocycles. The maximum Gasteiger partial charge on any atom is 0.123 e. The first kappa shape index (κ1) is 14.7. The molecule has 0 spiro atoms. The fraction of sp³-hybridized carbons (Fsp3) is 0.105. The predicted octanol–water partition coefficient (Wildman–Crippen LogP) is 5.28. The average Bonchev–Trinajstić information content (AvgIpc) is 2.90. The van der Waals surface area contributed by atoms with E-state index < -0.39 is 0 Å². The van der Waals surface area contributed by atoms with Gasteiger partial charge in [0.15, 0.2) is 0 Å². The predicted molar refractivity (Wildman–Crippen MR) is 91.6 cm³/mol. The number of hydrogen-bond acceptors (Lipinski definition) is 1. The quantitative estimate of drug-likeness (QED) is 0.595. The molecule has 22 heavy (non-hydrogen) atoms. The Kier molecular flexibility index (Phi) is 3.95. The molecule has 0 saturated heterocycles. The van der Waals surface area contributed by atoms with Crippen molar-refractivity contribution < 1.29 is 4.39 Å². The zero-order valence-corrected chi connectivity index (χ0v) is 12.7. The molecule has 3 aromatic rings. The van der Waals surface area contributed by atoms with Crippen LogP contribution in [0, 0.1) is 5.82 Å². The van der Waals surface area contributed by atoms with Crippen molar-refractivity contribution in [1.82, 2.24) is 4.98 Å². The summed E-state index contributed by atoms with van der Waals surface area (Å²) in [6, 6.07) is 15.3. The molecule has 0 aliphatic heterocycles. The van der Waals surface area contributed by atoms with Gasteiger partial charge < -0.3 is 0 Å². The van der Waals surface area contributed by atoms with Crippen LogP contribution in [0.1, 0.15) is 23.1 Å². The van der Waals surface area contributed by atoms with Crippen LogP contribution in [-0.4, -0.2) is 4.98 Å². The lowest BCUT2D eigenvalue weighted by atomic mass is 10.0. The molecule has 0 saturated carbocycles. The molecule has 0 fully saturated rings. The van der Waals surface area contributed by atoms with Crippen LogP contribution in [0.4, 0.5) is 4.39 Å². The highest BCUT2D eigenvalue weighted by Crippen LogP contribution is 2.34. The molecule has 110 valence electrons. The Morgan fingerprint density at radius 3 is 2.77 bits per heavy atom. The fourth-order valence-corrected chi connectivity index (χ4v) is 3.07. The van der Waals surface area contributed by atoms with Crippen molar-refractivity contribution in [2.24, 2.45) is 0 Å². The minimum absolute atomic E-state index is 0.